The van der Waals surface area contributed by atoms with Crippen molar-refractivity contribution in [2.75, 3.05) is 11.6 Å². The van der Waals surface area contributed by atoms with E-state index in [1.54, 1.807) is 0 Å². The molecule has 0 bridgehead atoms. The lowest BCUT2D eigenvalue weighted by Crippen LogP contribution is -2.43. The van der Waals surface area contributed by atoms with Gasteiger partial charge in [0.2, 0.25) is 11.1 Å². The number of benzene rings is 2. The van der Waals surface area contributed by atoms with E-state index < -0.39 is 11.9 Å². The molecule has 3 amide bonds. The lowest BCUT2D eigenvalue weighted by Gasteiger charge is -2.10. The first kappa shape index (κ1) is 23.2. The lowest BCUT2D eigenvalue weighted by molar-refractivity contribution is -0.117. The highest BCUT2D eigenvalue weighted by atomic mass is 32.2. The number of para-hydroxylation sites is 1. The highest BCUT2D eigenvalue weighted by molar-refractivity contribution is 7.99. The molecule has 0 spiro atoms. The second kappa shape index (κ2) is 9.92. The van der Waals surface area contributed by atoms with Crippen LogP contribution >= 0.6 is 11.8 Å². The summed E-state index contributed by atoms with van der Waals surface area (Å²) in [5.74, 6) is 6.29. The Morgan fingerprint density at radius 1 is 1.09 bits per heavy atom. The first-order chi connectivity index (χ1) is 16.3. The monoisotopic (exact) mass is 475 g/mol. The molecule has 34 heavy (non-hydrogen) atoms. The lowest BCUT2D eigenvalue weighted by atomic mass is 10.0. The molecule has 4 rings (SSSR count). The maximum Gasteiger partial charge on any atom is 0.321 e. The van der Waals surface area contributed by atoms with E-state index in [1.807, 2.05) is 75.4 Å². The summed E-state index contributed by atoms with van der Waals surface area (Å²) < 4.78 is 1.35. The minimum absolute atomic E-state index is 0.0352. The van der Waals surface area contributed by atoms with Crippen LogP contribution in [-0.4, -0.2) is 43.6 Å². The van der Waals surface area contributed by atoms with Gasteiger partial charge >= 0.3 is 6.03 Å². The number of imide groups is 1. The topological polar surface area (TPSA) is 128 Å². The minimum atomic E-state index is -0.539. The quantitative estimate of drug-likeness (QED) is 0.288. The van der Waals surface area contributed by atoms with Crippen molar-refractivity contribution in [1.82, 2.24) is 30.5 Å². The fourth-order valence-electron chi connectivity index (χ4n) is 3.38. The van der Waals surface area contributed by atoms with Gasteiger partial charge < -0.3 is 11.2 Å². The summed E-state index contributed by atoms with van der Waals surface area (Å²) in [6.07, 6.45) is 0. The van der Waals surface area contributed by atoms with Crippen molar-refractivity contribution >= 4 is 34.6 Å². The number of nitrogens with zero attached hydrogens (tertiary/aromatic N) is 4. The number of hydrogen-bond donors (Lipinski definition) is 3. The zero-order chi connectivity index (χ0) is 24.2. The second-order valence-electron chi connectivity index (χ2n) is 8.08. The van der Waals surface area contributed by atoms with Crippen molar-refractivity contribution in [3.05, 3.63) is 60.2 Å². The summed E-state index contributed by atoms with van der Waals surface area (Å²) in [6.45, 7) is 5.66. The average molecular weight is 476 g/mol. The predicted octanol–water partition coefficient (Wildman–Crippen LogP) is 3.51. The van der Waals surface area contributed by atoms with Crippen LogP contribution in [0.5, 0.6) is 0 Å². The Bertz CT molecular complexity index is 1350. The first-order valence-electron chi connectivity index (χ1n) is 10.7. The van der Waals surface area contributed by atoms with Gasteiger partial charge in [0, 0.05) is 22.6 Å². The number of nitrogens with two attached hydrogens (primary N) is 1. The van der Waals surface area contributed by atoms with Crippen LogP contribution in [-0.2, 0) is 4.79 Å². The van der Waals surface area contributed by atoms with Crippen molar-refractivity contribution in [2.45, 2.75) is 32.0 Å². The number of nitrogens with one attached hydrogen (secondary N) is 2. The van der Waals surface area contributed by atoms with E-state index in [4.69, 9.17) is 10.8 Å². The average Bonchev–Trinajstić information content (AvgIpc) is 3.17. The van der Waals surface area contributed by atoms with Gasteiger partial charge in [0.05, 0.1) is 17.0 Å². The molecule has 0 saturated heterocycles. The number of hydrogen-bond acceptors (Lipinski definition) is 7. The van der Waals surface area contributed by atoms with Crippen molar-refractivity contribution in [1.29, 1.82) is 0 Å². The number of urea groups is 1. The number of pyridine rings is 1. The molecule has 0 atom stereocenters. The zero-order valence-corrected chi connectivity index (χ0v) is 19.9. The van der Waals surface area contributed by atoms with E-state index in [-0.39, 0.29) is 11.8 Å². The van der Waals surface area contributed by atoms with Crippen LogP contribution in [0.4, 0.5) is 4.79 Å². The molecule has 0 unspecified atom stereocenters. The van der Waals surface area contributed by atoms with Crippen LogP contribution in [0.2, 0.25) is 0 Å². The van der Waals surface area contributed by atoms with Crippen molar-refractivity contribution in [2.24, 2.45) is 0 Å². The number of nitrogen functional groups attached to an aromatic ring is 1. The van der Waals surface area contributed by atoms with Crippen LogP contribution in [0.1, 0.15) is 19.4 Å². The van der Waals surface area contributed by atoms with Gasteiger partial charge in [-0.15, -0.1) is 10.2 Å². The molecular weight excluding hydrogens is 450 g/mol. The van der Waals surface area contributed by atoms with Crippen LogP contribution in [0, 0.1) is 6.92 Å². The van der Waals surface area contributed by atoms with Gasteiger partial charge in [-0.3, -0.25) is 10.1 Å². The third kappa shape index (κ3) is 5.18. The molecule has 2 aromatic carbocycles. The second-order valence-corrected chi connectivity index (χ2v) is 9.02. The fraction of sp³-hybridized carbons (Fsp3) is 0.208. The Labute approximate surface area is 201 Å². The smallest absolute Gasteiger partial charge is 0.321 e. The van der Waals surface area contributed by atoms with Gasteiger partial charge in [0.15, 0.2) is 5.82 Å². The Kier molecular flexibility index (Phi) is 6.78. The molecule has 0 aliphatic heterocycles. The van der Waals surface area contributed by atoms with E-state index in [1.165, 1.54) is 10.2 Å². The zero-order valence-electron chi connectivity index (χ0n) is 19.1. The first-order valence-corrected chi connectivity index (χ1v) is 11.7. The molecule has 2 aromatic heterocycles. The number of aromatic nitrogens is 4. The summed E-state index contributed by atoms with van der Waals surface area (Å²) in [4.78, 5) is 28.6. The fourth-order valence-corrected chi connectivity index (χ4v) is 4.04. The molecule has 10 heteroatoms. The Morgan fingerprint density at radius 2 is 1.82 bits per heavy atom. The van der Waals surface area contributed by atoms with Gasteiger partial charge in [-0.1, -0.05) is 59.8 Å². The van der Waals surface area contributed by atoms with Gasteiger partial charge in [-0.2, -0.15) is 0 Å². The number of carbonyl (C=O) groups excluding carboxylic acids is 2. The largest absolute Gasteiger partial charge is 0.336 e. The van der Waals surface area contributed by atoms with Gasteiger partial charge in [0.25, 0.3) is 0 Å². The molecule has 0 saturated carbocycles. The van der Waals surface area contributed by atoms with Crippen molar-refractivity contribution in [3.63, 3.8) is 0 Å². The normalized spacial score (nSPS) is 11.1. The molecule has 4 aromatic rings. The van der Waals surface area contributed by atoms with Crippen LogP contribution in [0.3, 0.4) is 0 Å². The summed E-state index contributed by atoms with van der Waals surface area (Å²) >= 11 is 1.10. The number of aryl methyl sites for hydroxylation is 1. The predicted molar refractivity (Wildman–Crippen MR) is 134 cm³/mol. The maximum absolute atomic E-state index is 12.1. The molecule has 0 aliphatic rings. The third-order valence-electron chi connectivity index (χ3n) is 4.97. The van der Waals surface area contributed by atoms with E-state index in [0.717, 1.165) is 39.5 Å². The van der Waals surface area contributed by atoms with Crippen LogP contribution < -0.4 is 16.5 Å². The number of carbonyl (C=O) groups is 2. The summed E-state index contributed by atoms with van der Waals surface area (Å²) in [6, 6.07) is 17.2. The number of thioether (sulfide) groups is 1. The van der Waals surface area contributed by atoms with Crippen molar-refractivity contribution in [3.8, 4) is 22.6 Å². The molecular formula is C24H25N7O2S. The molecule has 0 fully saturated rings. The van der Waals surface area contributed by atoms with Crippen LogP contribution in [0.25, 0.3) is 33.5 Å². The molecule has 2 heterocycles. The van der Waals surface area contributed by atoms with Gasteiger partial charge in [-0.25, -0.2) is 14.5 Å². The van der Waals surface area contributed by atoms with Gasteiger partial charge in [0.1, 0.15) is 0 Å². The minimum Gasteiger partial charge on any atom is -0.336 e. The van der Waals surface area contributed by atoms with Gasteiger partial charge in [-0.05, 0) is 32.9 Å². The molecule has 174 valence electrons. The van der Waals surface area contributed by atoms with E-state index >= 15 is 0 Å². The highest BCUT2D eigenvalue weighted by Crippen LogP contribution is 2.32. The summed E-state index contributed by atoms with van der Waals surface area (Å²) in [5.41, 5.74) is 4.53. The Balaban J connectivity index is 1.62. The Morgan fingerprint density at radius 3 is 2.56 bits per heavy atom. The van der Waals surface area contributed by atoms with E-state index in [0.29, 0.717) is 11.0 Å². The number of rotatable bonds is 6. The number of amides is 3. The molecule has 4 N–H and O–H groups in total. The Hall–Kier alpha value is -3.92. The summed E-state index contributed by atoms with van der Waals surface area (Å²) in [5, 5.41) is 14.6. The summed E-state index contributed by atoms with van der Waals surface area (Å²) in [7, 11) is 0. The maximum atomic E-state index is 12.1. The molecule has 9 nitrogen and oxygen atoms in total. The highest BCUT2D eigenvalue weighted by Gasteiger charge is 2.18. The van der Waals surface area contributed by atoms with Crippen LogP contribution in [0.15, 0.2) is 59.8 Å². The molecule has 0 aliphatic carbocycles. The molecule has 0 radical (unpaired) electrons. The third-order valence-corrected chi connectivity index (χ3v) is 5.92. The van der Waals surface area contributed by atoms with E-state index in [2.05, 4.69) is 20.8 Å². The van der Waals surface area contributed by atoms with Crippen molar-refractivity contribution < 1.29 is 9.59 Å². The SMILES string of the molecule is Cc1ccc(-c2cc(-c3nnc(SCC(=O)NC(=O)NC(C)C)n3N)c3ccccc3n2)cc1. The standard InChI is InChI=1S/C24H25N7O2S/c1-14(2)26-23(33)28-21(32)13-34-24-30-29-22(31(24)25)18-12-20(16-10-8-15(3)9-11-16)27-19-7-5-4-6-17(18)19/h4-12,14H,13,25H2,1-3H3,(H2,26,28,32,33). The number of fused-ring (bicyclic) bond motifs is 1. The van der Waals surface area contributed by atoms with E-state index in [9.17, 15) is 9.59 Å².